The molecular weight excluding hydrogens is 310 g/mol. The highest BCUT2D eigenvalue weighted by atomic mass is 79.9. The van der Waals surface area contributed by atoms with Crippen molar-refractivity contribution in [3.8, 4) is 0 Å². The van der Waals surface area contributed by atoms with Crippen LogP contribution in [0, 0.1) is 0 Å². The molecule has 19 heavy (non-hydrogen) atoms. The first kappa shape index (κ1) is 11.9. The van der Waals surface area contributed by atoms with Gasteiger partial charge in [0.1, 0.15) is 5.58 Å². The minimum absolute atomic E-state index is 0.387. The molecule has 3 rings (SSSR count). The van der Waals surface area contributed by atoms with Gasteiger partial charge >= 0.3 is 5.63 Å². The maximum absolute atomic E-state index is 11.9. The van der Waals surface area contributed by atoms with Crippen molar-refractivity contribution in [1.82, 2.24) is 0 Å². The molecule has 0 saturated carbocycles. The van der Waals surface area contributed by atoms with Crippen LogP contribution in [0.3, 0.4) is 0 Å². The summed E-state index contributed by atoms with van der Waals surface area (Å²) in [6.45, 7) is 0. The van der Waals surface area contributed by atoms with Crippen molar-refractivity contribution in [3.05, 3.63) is 51.3 Å². The molecule has 0 aliphatic carbocycles. The molecule has 1 aromatic heterocycles. The molecule has 0 fully saturated rings. The smallest absolute Gasteiger partial charge is 0.344 e. The Morgan fingerprint density at radius 3 is 2.58 bits per heavy atom. The Bertz CT molecular complexity index is 854. The number of halogens is 1. The number of fused-ring (bicyclic) bond motifs is 3. The largest absolute Gasteiger partial charge is 0.422 e. The van der Waals surface area contributed by atoms with E-state index in [-0.39, 0.29) is 5.63 Å². The lowest BCUT2D eigenvalue weighted by atomic mass is 10.1. The number of anilines is 1. The van der Waals surface area contributed by atoms with Crippen molar-refractivity contribution >= 4 is 49.8 Å². The number of hydrogen-bond donors (Lipinski definition) is 1. The lowest BCUT2D eigenvalue weighted by molar-refractivity contribution is -0.105. The minimum Gasteiger partial charge on any atom is -0.422 e. The highest BCUT2D eigenvalue weighted by molar-refractivity contribution is 9.10. The molecule has 0 unspecified atom stereocenters. The second kappa shape index (κ2) is 4.51. The van der Waals surface area contributed by atoms with Gasteiger partial charge in [-0.1, -0.05) is 18.2 Å². The van der Waals surface area contributed by atoms with Crippen molar-refractivity contribution in [3.63, 3.8) is 0 Å². The van der Waals surface area contributed by atoms with Crippen molar-refractivity contribution in [1.29, 1.82) is 0 Å². The van der Waals surface area contributed by atoms with Crippen LogP contribution in [0.1, 0.15) is 0 Å². The lowest BCUT2D eigenvalue weighted by Crippen LogP contribution is -2.01. The summed E-state index contributed by atoms with van der Waals surface area (Å²) in [5.41, 5.74) is 0.611. The van der Waals surface area contributed by atoms with Crippen LogP contribution >= 0.6 is 15.9 Å². The summed E-state index contributed by atoms with van der Waals surface area (Å²) in [5.74, 6) is 0. The number of nitrogens with one attached hydrogen (secondary N) is 1. The van der Waals surface area contributed by atoms with E-state index in [1.54, 1.807) is 18.2 Å². The predicted octanol–water partition coefficient (Wildman–Crippen LogP) is 3.28. The SMILES string of the molecule is O=CNc1cc2oc(=O)c3ccccc3c2cc1Br. The van der Waals surface area contributed by atoms with Crippen LogP contribution in [0.25, 0.3) is 21.7 Å². The van der Waals surface area contributed by atoms with E-state index < -0.39 is 0 Å². The van der Waals surface area contributed by atoms with Crippen molar-refractivity contribution in [2.24, 2.45) is 0 Å². The Balaban J connectivity index is 2.47. The first-order chi connectivity index (χ1) is 9.20. The molecule has 0 atom stereocenters. The molecule has 5 heteroatoms. The van der Waals surface area contributed by atoms with Crippen LogP contribution in [0.4, 0.5) is 5.69 Å². The van der Waals surface area contributed by atoms with Gasteiger partial charge in [0.05, 0.1) is 11.1 Å². The topological polar surface area (TPSA) is 59.3 Å². The molecule has 0 aliphatic rings. The number of carbonyl (C=O) groups excluding carboxylic acids is 1. The van der Waals surface area contributed by atoms with E-state index >= 15 is 0 Å². The van der Waals surface area contributed by atoms with Crippen LogP contribution in [0.5, 0.6) is 0 Å². The summed E-state index contributed by atoms with van der Waals surface area (Å²) in [7, 11) is 0. The fraction of sp³-hybridized carbons (Fsp3) is 0. The second-order valence-corrected chi connectivity index (χ2v) is 4.88. The van der Waals surface area contributed by atoms with E-state index in [4.69, 9.17) is 4.42 Å². The molecule has 1 amide bonds. The molecule has 0 radical (unpaired) electrons. The second-order valence-electron chi connectivity index (χ2n) is 4.03. The van der Waals surface area contributed by atoms with Gasteiger partial charge in [-0.05, 0) is 33.4 Å². The molecule has 0 saturated heterocycles. The van der Waals surface area contributed by atoms with E-state index in [0.717, 1.165) is 15.2 Å². The van der Waals surface area contributed by atoms with Gasteiger partial charge < -0.3 is 9.73 Å². The lowest BCUT2D eigenvalue weighted by Gasteiger charge is -2.06. The van der Waals surface area contributed by atoms with Crippen LogP contribution in [0.15, 0.2) is 50.1 Å². The van der Waals surface area contributed by atoms with Gasteiger partial charge in [-0.3, -0.25) is 4.79 Å². The third-order valence-corrected chi connectivity index (χ3v) is 3.58. The Morgan fingerprint density at radius 2 is 1.84 bits per heavy atom. The Labute approximate surface area is 116 Å². The van der Waals surface area contributed by atoms with E-state index in [1.807, 2.05) is 18.2 Å². The van der Waals surface area contributed by atoms with Gasteiger partial charge in [-0.2, -0.15) is 0 Å². The minimum atomic E-state index is -0.387. The molecule has 1 N–H and O–H groups in total. The van der Waals surface area contributed by atoms with Gasteiger partial charge in [0.15, 0.2) is 0 Å². The van der Waals surface area contributed by atoms with Gasteiger partial charge in [0.25, 0.3) is 0 Å². The summed E-state index contributed by atoms with van der Waals surface area (Å²) in [5, 5.41) is 4.73. The van der Waals surface area contributed by atoms with Gasteiger partial charge in [0.2, 0.25) is 6.41 Å². The summed E-state index contributed by atoms with van der Waals surface area (Å²) < 4.78 is 6.01. The molecule has 2 aromatic carbocycles. The fourth-order valence-corrected chi connectivity index (χ4v) is 2.53. The monoisotopic (exact) mass is 317 g/mol. The number of hydrogen-bond acceptors (Lipinski definition) is 3. The summed E-state index contributed by atoms with van der Waals surface area (Å²) in [4.78, 5) is 22.4. The van der Waals surface area contributed by atoms with E-state index in [9.17, 15) is 9.59 Å². The zero-order chi connectivity index (χ0) is 13.4. The zero-order valence-electron chi connectivity index (χ0n) is 9.64. The third-order valence-electron chi connectivity index (χ3n) is 2.92. The van der Waals surface area contributed by atoms with Gasteiger partial charge in [0, 0.05) is 15.9 Å². The Morgan fingerprint density at radius 1 is 1.11 bits per heavy atom. The molecular formula is C14H8BrNO3. The van der Waals surface area contributed by atoms with Crippen LogP contribution in [-0.2, 0) is 4.79 Å². The first-order valence-corrected chi connectivity index (χ1v) is 6.35. The first-order valence-electron chi connectivity index (χ1n) is 5.56. The van der Waals surface area contributed by atoms with Crippen LogP contribution in [-0.4, -0.2) is 6.41 Å². The summed E-state index contributed by atoms with van der Waals surface area (Å²) in [6.07, 6.45) is 0.574. The molecule has 0 bridgehead atoms. The highest BCUT2D eigenvalue weighted by Gasteiger charge is 2.09. The number of amides is 1. The van der Waals surface area contributed by atoms with Crippen molar-refractivity contribution < 1.29 is 9.21 Å². The van der Waals surface area contributed by atoms with E-state index in [2.05, 4.69) is 21.2 Å². The Kier molecular flexibility index (Phi) is 2.83. The average molecular weight is 318 g/mol. The number of rotatable bonds is 2. The predicted molar refractivity (Wildman–Crippen MR) is 77.4 cm³/mol. The van der Waals surface area contributed by atoms with Crippen LogP contribution in [0.2, 0.25) is 0 Å². The van der Waals surface area contributed by atoms with Crippen LogP contribution < -0.4 is 10.9 Å². The maximum atomic E-state index is 11.9. The molecule has 1 heterocycles. The zero-order valence-corrected chi connectivity index (χ0v) is 11.2. The molecule has 0 aliphatic heterocycles. The summed E-state index contributed by atoms with van der Waals surface area (Å²) in [6, 6.07) is 10.7. The number of carbonyl (C=O) groups is 1. The molecule has 4 nitrogen and oxygen atoms in total. The molecule has 94 valence electrons. The average Bonchev–Trinajstić information content (AvgIpc) is 2.42. The van der Waals surface area contributed by atoms with Gasteiger partial charge in [-0.25, -0.2) is 4.79 Å². The summed E-state index contributed by atoms with van der Waals surface area (Å²) >= 11 is 3.38. The standard InChI is InChI=1S/C14H8BrNO3/c15-11-5-10-8-3-1-2-4-9(8)14(18)19-13(10)6-12(11)16-7-17/h1-7H,(H,16,17). The van der Waals surface area contributed by atoms with Gasteiger partial charge in [-0.15, -0.1) is 0 Å². The fourth-order valence-electron chi connectivity index (χ4n) is 2.07. The maximum Gasteiger partial charge on any atom is 0.344 e. The Hall–Kier alpha value is -2.14. The quantitative estimate of drug-likeness (QED) is 0.448. The molecule has 3 aromatic rings. The van der Waals surface area contributed by atoms with Crippen molar-refractivity contribution in [2.75, 3.05) is 5.32 Å². The number of benzene rings is 2. The van der Waals surface area contributed by atoms with E-state index in [1.165, 1.54) is 0 Å². The highest BCUT2D eigenvalue weighted by Crippen LogP contribution is 2.31. The normalized spacial score (nSPS) is 10.8. The third kappa shape index (κ3) is 1.92. The molecule has 0 spiro atoms. The van der Waals surface area contributed by atoms with Crippen molar-refractivity contribution in [2.45, 2.75) is 0 Å². The van der Waals surface area contributed by atoms with E-state index in [0.29, 0.717) is 23.1 Å².